The van der Waals surface area contributed by atoms with Crippen LogP contribution in [-0.4, -0.2) is 0 Å². The highest BCUT2D eigenvalue weighted by molar-refractivity contribution is 4.98. The molecule has 0 aromatic rings. The lowest BCUT2D eigenvalue weighted by Gasteiger charge is -2.45. The van der Waals surface area contributed by atoms with Gasteiger partial charge in [0.2, 0.25) is 0 Å². The van der Waals surface area contributed by atoms with E-state index in [4.69, 9.17) is 0 Å². The summed E-state index contributed by atoms with van der Waals surface area (Å²) < 4.78 is 0. The van der Waals surface area contributed by atoms with E-state index >= 15 is 0 Å². The molecular weight excluding hydrogens is 204 g/mol. The first kappa shape index (κ1) is 12.1. The van der Waals surface area contributed by atoms with Crippen LogP contribution in [-0.2, 0) is 0 Å². The molecule has 3 fully saturated rings. The minimum Gasteiger partial charge on any atom is -0.0602 e. The summed E-state index contributed by atoms with van der Waals surface area (Å²) in [7, 11) is 0. The summed E-state index contributed by atoms with van der Waals surface area (Å²) in [5.41, 5.74) is 0.544. The molecule has 0 aliphatic heterocycles. The Morgan fingerprint density at radius 1 is 0.824 bits per heavy atom. The van der Waals surface area contributed by atoms with Gasteiger partial charge in [-0.25, -0.2) is 0 Å². The number of fused-ring (bicyclic) bond motifs is 2. The van der Waals surface area contributed by atoms with Crippen LogP contribution in [0.2, 0.25) is 0 Å². The molecule has 0 spiro atoms. The van der Waals surface area contributed by atoms with Gasteiger partial charge in [0.25, 0.3) is 0 Å². The van der Waals surface area contributed by atoms with Crippen molar-refractivity contribution < 1.29 is 0 Å². The third kappa shape index (κ3) is 2.29. The lowest BCUT2D eigenvalue weighted by Crippen LogP contribution is -2.37. The fourth-order valence-corrected chi connectivity index (χ4v) is 5.56. The lowest BCUT2D eigenvalue weighted by atomic mass is 9.60. The third-order valence-electron chi connectivity index (χ3n) is 5.99. The Bertz CT molecular complexity index is 252. The van der Waals surface area contributed by atoms with E-state index in [-0.39, 0.29) is 0 Å². The summed E-state index contributed by atoms with van der Waals surface area (Å²) in [6.45, 7) is 7.36. The molecule has 0 radical (unpaired) electrons. The highest BCUT2D eigenvalue weighted by atomic mass is 14.5. The van der Waals surface area contributed by atoms with E-state index in [1.807, 2.05) is 0 Å². The highest BCUT2D eigenvalue weighted by Gasteiger charge is 2.48. The topological polar surface area (TPSA) is 0 Å². The molecule has 0 saturated heterocycles. The third-order valence-corrected chi connectivity index (χ3v) is 5.99. The molecular formula is C17H30. The molecule has 0 N–H and O–H groups in total. The van der Waals surface area contributed by atoms with E-state index in [1.54, 1.807) is 32.1 Å². The monoisotopic (exact) mass is 234 g/mol. The Balaban J connectivity index is 1.80. The van der Waals surface area contributed by atoms with E-state index < -0.39 is 0 Å². The normalized spacial score (nSPS) is 45.7. The van der Waals surface area contributed by atoms with Crippen molar-refractivity contribution in [2.45, 2.75) is 72.1 Å². The van der Waals surface area contributed by atoms with E-state index in [1.165, 1.54) is 19.3 Å². The van der Waals surface area contributed by atoms with Gasteiger partial charge in [0.15, 0.2) is 0 Å². The van der Waals surface area contributed by atoms with Gasteiger partial charge in [-0.2, -0.15) is 0 Å². The maximum absolute atomic E-state index is 2.45. The summed E-state index contributed by atoms with van der Waals surface area (Å²) in [5, 5.41) is 0. The van der Waals surface area contributed by atoms with Crippen molar-refractivity contribution >= 4 is 0 Å². The second-order valence-corrected chi connectivity index (χ2v) is 8.37. The Labute approximate surface area is 108 Å². The van der Waals surface area contributed by atoms with Crippen LogP contribution in [0.25, 0.3) is 0 Å². The van der Waals surface area contributed by atoms with Crippen LogP contribution in [0.4, 0.5) is 0 Å². The smallest absolute Gasteiger partial charge is 0.0347 e. The minimum atomic E-state index is 0.544. The number of hydrogen-bond acceptors (Lipinski definition) is 0. The zero-order valence-electron chi connectivity index (χ0n) is 12.0. The molecule has 0 aromatic heterocycles. The molecule has 3 saturated carbocycles. The zero-order chi connectivity index (χ0) is 12.0. The van der Waals surface area contributed by atoms with Crippen molar-refractivity contribution in [1.82, 2.24) is 0 Å². The minimum absolute atomic E-state index is 0.544. The summed E-state index contributed by atoms with van der Waals surface area (Å²) in [5.74, 6) is 5.58. The molecule has 0 bridgehead atoms. The molecule has 0 heterocycles. The fraction of sp³-hybridized carbons (Fsp3) is 1.00. The van der Waals surface area contributed by atoms with Crippen molar-refractivity contribution in [1.29, 1.82) is 0 Å². The zero-order valence-corrected chi connectivity index (χ0v) is 12.0. The summed E-state index contributed by atoms with van der Waals surface area (Å²) >= 11 is 0. The van der Waals surface area contributed by atoms with E-state index in [2.05, 4.69) is 20.8 Å². The van der Waals surface area contributed by atoms with Gasteiger partial charge in [-0.1, -0.05) is 46.5 Å². The van der Waals surface area contributed by atoms with Gasteiger partial charge in [-0.15, -0.1) is 0 Å². The standard InChI is InChI=1S/C17H30/c1-17(2,3)11-16-14-8-4-6-12(14)10-13-7-5-9-15(13)16/h12-16H,4-11H2,1-3H3. The van der Waals surface area contributed by atoms with Crippen LogP contribution in [0.5, 0.6) is 0 Å². The van der Waals surface area contributed by atoms with Crippen molar-refractivity contribution in [2.75, 3.05) is 0 Å². The van der Waals surface area contributed by atoms with E-state index in [9.17, 15) is 0 Å². The van der Waals surface area contributed by atoms with E-state index in [0.717, 1.165) is 29.6 Å². The number of rotatable bonds is 1. The van der Waals surface area contributed by atoms with Crippen LogP contribution < -0.4 is 0 Å². The Hall–Kier alpha value is 0. The molecule has 3 aliphatic rings. The van der Waals surface area contributed by atoms with Crippen molar-refractivity contribution in [2.24, 2.45) is 35.0 Å². The first-order valence-corrected chi connectivity index (χ1v) is 8.04. The molecule has 0 heteroatoms. The average Bonchev–Trinajstić information content (AvgIpc) is 2.82. The van der Waals surface area contributed by atoms with Gasteiger partial charge >= 0.3 is 0 Å². The van der Waals surface area contributed by atoms with Crippen LogP contribution in [0, 0.1) is 35.0 Å². The molecule has 3 rings (SSSR count). The lowest BCUT2D eigenvalue weighted by molar-refractivity contribution is 0.0430. The molecule has 4 atom stereocenters. The summed E-state index contributed by atoms with van der Waals surface area (Å²) in [6, 6.07) is 0. The molecule has 98 valence electrons. The van der Waals surface area contributed by atoms with Gasteiger partial charge in [-0.05, 0) is 60.7 Å². The predicted octanol–water partition coefficient (Wildman–Crippen LogP) is 5.28. The summed E-state index contributed by atoms with van der Waals surface area (Å²) in [6.07, 6.45) is 12.4. The maximum atomic E-state index is 2.45. The second-order valence-electron chi connectivity index (χ2n) is 8.37. The van der Waals surface area contributed by atoms with Crippen molar-refractivity contribution in [3.05, 3.63) is 0 Å². The predicted molar refractivity (Wildman–Crippen MR) is 73.8 cm³/mol. The van der Waals surface area contributed by atoms with Crippen LogP contribution in [0.15, 0.2) is 0 Å². The van der Waals surface area contributed by atoms with Gasteiger partial charge < -0.3 is 0 Å². The Morgan fingerprint density at radius 2 is 1.35 bits per heavy atom. The average molecular weight is 234 g/mol. The van der Waals surface area contributed by atoms with Gasteiger partial charge in [0.1, 0.15) is 0 Å². The first-order chi connectivity index (χ1) is 8.04. The van der Waals surface area contributed by atoms with Crippen molar-refractivity contribution in [3.8, 4) is 0 Å². The fourth-order valence-electron chi connectivity index (χ4n) is 5.56. The van der Waals surface area contributed by atoms with Crippen LogP contribution >= 0.6 is 0 Å². The van der Waals surface area contributed by atoms with Gasteiger partial charge in [0, 0.05) is 0 Å². The molecule has 3 aliphatic carbocycles. The second kappa shape index (κ2) is 4.28. The molecule has 0 aromatic carbocycles. The molecule has 0 amide bonds. The Kier molecular flexibility index (Phi) is 3.04. The molecule has 17 heavy (non-hydrogen) atoms. The largest absolute Gasteiger partial charge is 0.0602 e. The first-order valence-electron chi connectivity index (χ1n) is 8.04. The van der Waals surface area contributed by atoms with Gasteiger partial charge in [0.05, 0.1) is 0 Å². The van der Waals surface area contributed by atoms with Crippen molar-refractivity contribution in [3.63, 3.8) is 0 Å². The van der Waals surface area contributed by atoms with E-state index in [0.29, 0.717) is 5.41 Å². The molecule has 4 unspecified atom stereocenters. The quantitative estimate of drug-likeness (QED) is 0.579. The Morgan fingerprint density at radius 3 is 1.82 bits per heavy atom. The summed E-state index contributed by atoms with van der Waals surface area (Å²) in [4.78, 5) is 0. The van der Waals surface area contributed by atoms with Crippen LogP contribution in [0.3, 0.4) is 0 Å². The maximum Gasteiger partial charge on any atom is -0.0347 e. The highest BCUT2D eigenvalue weighted by Crippen LogP contribution is 2.57. The van der Waals surface area contributed by atoms with Crippen LogP contribution in [0.1, 0.15) is 72.1 Å². The van der Waals surface area contributed by atoms with Gasteiger partial charge in [-0.3, -0.25) is 0 Å². The number of hydrogen-bond donors (Lipinski definition) is 0. The SMILES string of the molecule is CC(C)(C)CC1C2CCCC2CC2CCCC21. The molecule has 0 nitrogen and oxygen atoms in total.